The van der Waals surface area contributed by atoms with Crippen LogP contribution in [0.4, 0.5) is 5.69 Å². The first-order chi connectivity index (χ1) is 11.1. The molecule has 0 saturated heterocycles. The van der Waals surface area contributed by atoms with Gasteiger partial charge in [-0.05, 0) is 23.8 Å². The Kier molecular flexibility index (Phi) is 3.76. The standard InChI is InChI=1S/C18H14N2O3/c1-13(21)18(11-14-5-3-2-4-6-14)19-10-9-15-12-16(20(22)23)7-8-17(15)19/h2-12H,1H3/b18-11-. The van der Waals surface area contributed by atoms with Gasteiger partial charge >= 0.3 is 0 Å². The highest BCUT2D eigenvalue weighted by Crippen LogP contribution is 2.25. The lowest BCUT2D eigenvalue weighted by Gasteiger charge is -2.08. The summed E-state index contributed by atoms with van der Waals surface area (Å²) in [5.74, 6) is -0.0790. The molecule has 0 radical (unpaired) electrons. The molecule has 0 saturated carbocycles. The van der Waals surface area contributed by atoms with E-state index in [0.29, 0.717) is 5.70 Å². The number of non-ortho nitro benzene ring substituents is 1. The quantitative estimate of drug-likeness (QED) is 0.413. The summed E-state index contributed by atoms with van der Waals surface area (Å²) in [7, 11) is 0. The largest absolute Gasteiger partial charge is 0.313 e. The van der Waals surface area contributed by atoms with Gasteiger partial charge in [-0.25, -0.2) is 0 Å². The van der Waals surface area contributed by atoms with E-state index in [0.717, 1.165) is 16.5 Å². The van der Waals surface area contributed by atoms with Crippen LogP contribution in [0, 0.1) is 10.1 Å². The van der Waals surface area contributed by atoms with Crippen LogP contribution in [0.1, 0.15) is 12.5 Å². The number of carbonyl (C=O) groups is 1. The second kappa shape index (κ2) is 5.88. The molecule has 1 aromatic heterocycles. The van der Waals surface area contributed by atoms with Gasteiger partial charge < -0.3 is 4.57 Å². The van der Waals surface area contributed by atoms with Crippen molar-refractivity contribution < 1.29 is 9.72 Å². The summed E-state index contributed by atoms with van der Waals surface area (Å²) in [6, 6.07) is 15.9. The SMILES string of the molecule is CC(=O)/C(=C/c1ccccc1)n1ccc2cc([N+](=O)[O-])ccc21. The number of hydrogen-bond acceptors (Lipinski definition) is 3. The van der Waals surface area contributed by atoms with Gasteiger partial charge in [-0.15, -0.1) is 0 Å². The van der Waals surface area contributed by atoms with E-state index in [1.54, 1.807) is 22.9 Å². The molecular weight excluding hydrogens is 292 g/mol. The molecule has 23 heavy (non-hydrogen) atoms. The summed E-state index contributed by atoms with van der Waals surface area (Å²) in [4.78, 5) is 22.5. The molecule has 5 nitrogen and oxygen atoms in total. The number of Topliss-reactive ketones (excluding diaryl/α,β-unsaturated/α-hetero) is 1. The van der Waals surface area contributed by atoms with E-state index in [4.69, 9.17) is 0 Å². The summed E-state index contributed by atoms with van der Waals surface area (Å²) < 4.78 is 1.76. The number of carbonyl (C=O) groups excluding carboxylic acids is 1. The van der Waals surface area contributed by atoms with Crippen molar-refractivity contribution in [1.29, 1.82) is 0 Å². The molecule has 0 aliphatic rings. The Balaban J connectivity index is 2.14. The van der Waals surface area contributed by atoms with Gasteiger partial charge in [0.25, 0.3) is 5.69 Å². The fourth-order valence-electron chi connectivity index (χ4n) is 2.50. The number of nitrogens with zero attached hydrogens (tertiary/aromatic N) is 2. The molecule has 3 rings (SSSR count). The predicted octanol–water partition coefficient (Wildman–Crippen LogP) is 4.14. The van der Waals surface area contributed by atoms with Crippen LogP contribution < -0.4 is 0 Å². The number of benzene rings is 2. The molecule has 5 heteroatoms. The molecule has 0 aliphatic carbocycles. The molecule has 0 bridgehead atoms. The van der Waals surface area contributed by atoms with Gasteiger partial charge in [0.2, 0.25) is 0 Å². The van der Waals surface area contributed by atoms with E-state index in [-0.39, 0.29) is 11.5 Å². The molecule has 0 spiro atoms. The summed E-state index contributed by atoms with van der Waals surface area (Å²) in [5.41, 5.74) is 2.22. The summed E-state index contributed by atoms with van der Waals surface area (Å²) in [5, 5.41) is 11.6. The second-order valence-corrected chi connectivity index (χ2v) is 5.18. The third kappa shape index (κ3) is 2.89. The van der Waals surface area contributed by atoms with Crippen LogP contribution in [-0.2, 0) is 4.79 Å². The Morgan fingerprint density at radius 1 is 1.13 bits per heavy atom. The van der Waals surface area contributed by atoms with E-state index in [1.165, 1.54) is 19.1 Å². The van der Waals surface area contributed by atoms with Crippen LogP contribution in [0.3, 0.4) is 0 Å². The Labute approximate surface area is 132 Å². The predicted molar refractivity (Wildman–Crippen MR) is 89.9 cm³/mol. The highest BCUT2D eigenvalue weighted by molar-refractivity contribution is 6.19. The molecule has 2 aromatic carbocycles. The highest BCUT2D eigenvalue weighted by atomic mass is 16.6. The average Bonchev–Trinajstić information content (AvgIpc) is 2.96. The van der Waals surface area contributed by atoms with Gasteiger partial charge in [-0.3, -0.25) is 14.9 Å². The third-order valence-electron chi connectivity index (χ3n) is 3.61. The molecule has 114 valence electrons. The molecule has 1 heterocycles. The lowest BCUT2D eigenvalue weighted by Crippen LogP contribution is -2.04. The first kappa shape index (κ1) is 14.7. The molecule has 0 unspecified atom stereocenters. The van der Waals surface area contributed by atoms with Gasteiger partial charge in [0.15, 0.2) is 5.78 Å². The topological polar surface area (TPSA) is 65.1 Å². The van der Waals surface area contributed by atoms with Crippen molar-refractivity contribution in [3.05, 3.63) is 76.5 Å². The Hall–Kier alpha value is -3.21. The molecular formula is C18H14N2O3. The normalized spacial score (nSPS) is 11.6. The number of ketones is 1. The van der Waals surface area contributed by atoms with Crippen LogP contribution >= 0.6 is 0 Å². The number of nitro benzene ring substituents is 1. The summed E-state index contributed by atoms with van der Waals surface area (Å²) in [6.07, 6.45) is 3.56. The van der Waals surface area contributed by atoms with Crippen molar-refractivity contribution in [3.63, 3.8) is 0 Å². The molecule has 0 fully saturated rings. The zero-order valence-corrected chi connectivity index (χ0v) is 12.5. The maximum Gasteiger partial charge on any atom is 0.270 e. The van der Waals surface area contributed by atoms with E-state index < -0.39 is 4.92 Å². The zero-order valence-electron chi connectivity index (χ0n) is 12.5. The highest BCUT2D eigenvalue weighted by Gasteiger charge is 2.13. The number of rotatable bonds is 4. The summed E-state index contributed by atoms with van der Waals surface area (Å²) in [6.45, 7) is 1.51. The van der Waals surface area contributed by atoms with Crippen LogP contribution in [0.15, 0.2) is 60.8 Å². The third-order valence-corrected chi connectivity index (χ3v) is 3.61. The van der Waals surface area contributed by atoms with Gasteiger partial charge in [-0.1, -0.05) is 30.3 Å². The lowest BCUT2D eigenvalue weighted by atomic mass is 10.1. The van der Waals surface area contributed by atoms with E-state index in [9.17, 15) is 14.9 Å². The number of allylic oxidation sites excluding steroid dienone is 1. The number of fused-ring (bicyclic) bond motifs is 1. The van der Waals surface area contributed by atoms with Crippen molar-refractivity contribution >= 4 is 34.1 Å². The molecule has 0 N–H and O–H groups in total. The smallest absolute Gasteiger partial charge is 0.270 e. The minimum atomic E-state index is -0.428. The number of nitro groups is 1. The average molecular weight is 306 g/mol. The van der Waals surface area contributed by atoms with E-state index in [2.05, 4.69) is 0 Å². The molecule has 0 aliphatic heterocycles. The Morgan fingerprint density at radius 3 is 2.52 bits per heavy atom. The van der Waals surface area contributed by atoms with Gasteiger partial charge in [0, 0.05) is 30.6 Å². The fraction of sp³-hybridized carbons (Fsp3) is 0.0556. The first-order valence-electron chi connectivity index (χ1n) is 7.10. The minimum absolute atomic E-state index is 0.0339. The lowest BCUT2D eigenvalue weighted by molar-refractivity contribution is -0.384. The maximum absolute atomic E-state index is 12.1. The van der Waals surface area contributed by atoms with Crippen LogP contribution in [-0.4, -0.2) is 15.3 Å². The van der Waals surface area contributed by atoms with Crippen molar-refractivity contribution in [1.82, 2.24) is 4.57 Å². The van der Waals surface area contributed by atoms with Crippen LogP contribution in [0.25, 0.3) is 22.7 Å². The minimum Gasteiger partial charge on any atom is -0.313 e. The number of aromatic nitrogens is 1. The molecule has 3 aromatic rings. The van der Waals surface area contributed by atoms with Crippen LogP contribution in [0.5, 0.6) is 0 Å². The Bertz CT molecular complexity index is 924. The van der Waals surface area contributed by atoms with Crippen molar-refractivity contribution in [3.8, 4) is 0 Å². The van der Waals surface area contributed by atoms with Gasteiger partial charge in [-0.2, -0.15) is 0 Å². The van der Waals surface area contributed by atoms with Crippen LogP contribution in [0.2, 0.25) is 0 Å². The van der Waals surface area contributed by atoms with E-state index >= 15 is 0 Å². The summed E-state index contributed by atoms with van der Waals surface area (Å²) >= 11 is 0. The van der Waals surface area contributed by atoms with E-state index in [1.807, 2.05) is 36.4 Å². The maximum atomic E-state index is 12.1. The number of hydrogen-bond donors (Lipinski definition) is 0. The molecule has 0 atom stereocenters. The van der Waals surface area contributed by atoms with Crippen molar-refractivity contribution in [2.45, 2.75) is 6.92 Å². The fourth-order valence-corrected chi connectivity index (χ4v) is 2.50. The van der Waals surface area contributed by atoms with Gasteiger partial charge in [0.05, 0.1) is 16.1 Å². The monoisotopic (exact) mass is 306 g/mol. The van der Waals surface area contributed by atoms with Gasteiger partial charge in [0.1, 0.15) is 0 Å². The van der Waals surface area contributed by atoms with Crippen molar-refractivity contribution in [2.24, 2.45) is 0 Å². The van der Waals surface area contributed by atoms with Crippen molar-refractivity contribution in [2.75, 3.05) is 0 Å². The second-order valence-electron chi connectivity index (χ2n) is 5.18. The first-order valence-corrected chi connectivity index (χ1v) is 7.10. The zero-order chi connectivity index (χ0) is 16.4. The Morgan fingerprint density at radius 2 is 1.87 bits per heavy atom. The molecule has 0 amide bonds.